The third-order valence-electron chi connectivity index (χ3n) is 3.54. The van der Waals surface area contributed by atoms with E-state index in [1.54, 1.807) is 13.2 Å². The maximum atomic E-state index is 13.9. The number of hydrogen-bond acceptors (Lipinski definition) is 3. The van der Waals surface area contributed by atoms with Crippen molar-refractivity contribution in [2.45, 2.75) is 31.9 Å². The summed E-state index contributed by atoms with van der Waals surface area (Å²) in [6, 6.07) is 4.86. The van der Waals surface area contributed by atoms with Crippen molar-refractivity contribution in [3.05, 3.63) is 29.6 Å². The van der Waals surface area contributed by atoms with Crippen LogP contribution in [0.2, 0.25) is 0 Å². The molecule has 1 fully saturated rings. The van der Waals surface area contributed by atoms with Crippen LogP contribution in [-0.4, -0.2) is 26.3 Å². The molecule has 0 aliphatic carbocycles. The van der Waals surface area contributed by atoms with E-state index < -0.39 is 0 Å². The fraction of sp³-hybridized carbons (Fsp3) is 0.571. The first-order valence-corrected chi connectivity index (χ1v) is 6.45. The lowest BCUT2D eigenvalue weighted by atomic mass is 10.0. The van der Waals surface area contributed by atoms with Crippen molar-refractivity contribution < 1.29 is 9.13 Å². The summed E-state index contributed by atoms with van der Waals surface area (Å²) in [7, 11) is 1.73. The topological polar surface area (TPSA) is 38.5 Å². The van der Waals surface area contributed by atoms with Gasteiger partial charge in [0.1, 0.15) is 5.82 Å². The van der Waals surface area contributed by atoms with Crippen LogP contribution in [0.25, 0.3) is 0 Å². The Morgan fingerprint density at radius 1 is 1.50 bits per heavy atom. The first kappa shape index (κ1) is 13.3. The Bertz CT molecular complexity index is 409. The third kappa shape index (κ3) is 2.65. The molecule has 1 aromatic carbocycles. The maximum absolute atomic E-state index is 13.9. The molecule has 0 spiro atoms. The molecule has 100 valence electrons. The van der Waals surface area contributed by atoms with Crippen molar-refractivity contribution in [1.29, 1.82) is 0 Å². The average Bonchev–Trinajstić information content (AvgIpc) is 2.38. The zero-order valence-electron chi connectivity index (χ0n) is 11.0. The van der Waals surface area contributed by atoms with Gasteiger partial charge in [-0.2, -0.15) is 0 Å². The number of hydrogen-bond donors (Lipinski definition) is 1. The van der Waals surface area contributed by atoms with E-state index in [-0.39, 0.29) is 18.0 Å². The quantitative estimate of drug-likeness (QED) is 0.898. The van der Waals surface area contributed by atoms with Crippen LogP contribution < -0.4 is 10.6 Å². The van der Waals surface area contributed by atoms with Crippen LogP contribution in [0.5, 0.6) is 0 Å². The number of benzene rings is 1. The average molecular weight is 252 g/mol. The predicted octanol–water partition coefficient (Wildman–Crippen LogP) is 2.46. The zero-order valence-corrected chi connectivity index (χ0v) is 11.0. The summed E-state index contributed by atoms with van der Waals surface area (Å²) in [4.78, 5) is 2.18. The SMILES string of the molecule is COC1CCCN(c2cccc(F)c2[C@H](C)N)C1. The summed E-state index contributed by atoms with van der Waals surface area (Å²) in [5.74, 6) is -0.220. The number of rotatable bonds is 3. The van der Waals surface area contributed by atoms with Crippen LogP contribution in [0, 0.1) is 5.82 Å². The van der Waals surface area contributed by atoms with Crippen LogP contribution >= 0.6 is 0 Å². The van der Waals surface area contributed by atoms with E-state index in [0.717, 1.165) is 31.6 Å². The molecule has 18 heavy (non-hydrogen) atoms. The minimum absolute atomic E-state index is 0.220. The number of methoxy groups -OCH3 is 1. The van der Waals surface area contributed by atoms with Gasteiger partial charge in [0, 0.05) is 37.5 Å². The van der Waals surface area contributed by atoms with Gasteiger partial charge in [0.15, 0.2) is 0 Å². The van der Waals surface area contributed by atoms with Crippen molar-refractivity contribution in [2.24, 2.45) is 5.73 Å². The first-order chi connectivity index (χ1) is 8.63. The van der Waals surface area contributed by atoms with Crippen molar-refractivity contribution in [3.63, 3.8) is 0 Å². The number of nitrogens with zero attached hydrogens (tertiary/aromatic N) is 1. The largest absolute Gasteiger partial charge is 0.380 e. The lowest BCUT2D eigenvalue weighted by Gasteiger charge is -2.35. The van der Waals surface area contributed by atoms with E-state index in [1.165, 1.54) is 6.07 Å². The molecule has 1 aromatic rings. The van der Waals surface area contributed by atoms with Crippen LogP contribution in [0.15, 0.2) is 18.2 Å². The first-order valence-electron chi connectivity index (χ1n) is 6.45. The Kier molecular flexibility index (Phi) is 4.19. The molecule has 0 aromatic heterocycles. The van der Waals surface area contributed by atoms with Crippen molar-refractivity contribution in [3.8, 4) is 0 Å². The van der Waals surface area contributed by atoms with Crippen molar-refractivity contribution in [1.82, 2.24) is 0 Å². The summed E-state index contributed by atoms with van der Waals surface area (Å²) in [5, 5.41) is 0. The molecular weight excluding hydrogens is 231 g/mol. The summed E-state index contributed by atoms with van der Waals surface area (Å²) < 4.78 is 19.3. The summed E-state index contributed by atoms with van der Waals surface area (Å²) in [5.41, 5.74) is 7.41. The highest BCUT2D eigenvalue weighted by molar-refractivity contribution is 5.56. The molecule has 4 heteroatoms. The Morgan fingerprint density at radius 3 is 2.94 bits per heavy atom. The van der Waals surface area contributed by atoms with Gasteiger partial charge in [-0.25, -0.2) is 4.39 Å². The molecule has 1 aliphatic heterocycles. The van der Waals surface area contributed by atoms with Gasteiger partial charge in [-0.05, 0) is 31.9 Å². The van der Waals surface area contributed by atoms with Gasteiger partial charge in [0.2, 0.25) is 0 Å². The van der Waals surface area contributed by atoms with Gasteiger partial charge >= 0.3 is 0 Å². The Labute approximate surface area is 108 Å². The van der Waals surface area contributed by atoms with Crippen molar-refractivity contribution in [2.75, 3.05) is 25.1 Å². The van der Waals surface area contributed by atoms with Gasteiger partial charge in [-0.1, -0.05) is 6.07 Å². The van der Waals surface area contributed by atoms with E-state index in [1.807, 2.05) is 13.0 Å². The van der Waals surface area contributed by atoms with Crippen molar-refractivity contribution >= 4 is 5.69 Å². The zero-order chi connectivity index (χ0) is 13.1. The van der Waals surface area contributed by atoms with Gasteiger partial charge < -0.3 is 15.4 Å². The molecule has 1 unspecified atom stereocenters. The van der Waals surface area contributed by atoms with E-state index in [4.69, 9.17) is 10.5 Å². The summed E-state index contributed by atoms with van der Waals surface area (Å²) >= 11 is 0. The molecule has 0 bridgehead atoms. The van der Waals surface area contributed by atoms with Crippen LogP contribution in [0.3, 0.4) is 0 Å². The number of halogens is 1. The van der Waals surface area contributed by atoms with Crippen LogP contribution in [0.4, 0.5) is 10.1 Å². The van der Waals surface area contributed by atoms with E-state index >= 15 is 0 Å². The molecule has 3 nitrogen and oxygen atoms in total. The smallest absolute Gasteiger partial charge is 0.130 e. The predicted molar refractivity (Wildman–Crippen MR) is 71.2 cm³/mol. The molecule has 0 amide bonds. The molecule has 2 rings (SSSR count). The second-order valence-electron chi connectivity index (χ2n) is 4.91. The molecule has 1 aliphatic rings. The third-order valence-corrected chi connectivity index (χ3v) is 3.54. The molecule has 0 radical (unpaired) electrons. The maximum Gasteiger partial charge on any atom is 0.130 e. The fourth-order valence-corrected chi connectivity index (χ4v) is 2.60. The monoisotopic (exact) mass is 252 g/mol. The summed E-state index contributed by atoms with van der Waals surface area (Å²) in [6.07, 6.45) is 2.35. The van der Waals surface area contributed by atoms with Gasteiger partial charge in [0.25, 0.3) is 0 Å². The van der Waals surface area contributed by atoms with Gasteiger partial charge in [0.05, 0.1) is 6.10 Å². The number of ether oxygens (including phenoxy) is 1. The lowest BCUT2D eigenvalue weighted by Crippen LogP contribution is -2.40. The highest BCUT2D eigenvalue weighted by Gasteiger charge is 2.23. The van der Waals surface area contributed by atoms with E-state index in [0.29, 0.717) is 5.56 Å². The van der Waals surface area contributed by atoms with E-state index in [9.17, 15) is 4.39 Å². The fourth-order valence-electron chi connectivity index (χ4n) is 2.60. The molecule has 2 atom stereocenters. The molecule has 1 heterocycles. The standard InChI is InChI=1S/C14H21FN2O/c1-10(16)14-12(15)6-3-7-13(14)17-8-4-5-11(9-17)18-2/h3,6-7,10-11H,4-5,8-9,16H2,1-2H3/t10-,11?/m0/s1. The second-order valence-corrected chi connectivity index (χ2v) is 4.91. The number of piperidine rings is 1. The Morgan fingerprint density at radius 2 is 2.28 bits per heavy atom. The molecular formula is C14H21FN2O. The molecule has 2 N–H and O–H groups in total. The van der Waals surface area contributed by atoms with E-state index in [2.05, 4.69) is 4.90 Å². The highest BCUT2D eigenvalue weighted by atomic mass is 19.1. The second kappa shape index (κ2) is 5.67. The number of anilines is 1. The molecule has 1 saturated heterocycles. The Balaban J connectivity index is 2.29. The minimum atomic E-state index is -0.302. The minimum Gasteiger partial charge on any atom is -0.380 e. The Hall–Kier alpha value is -1.13. The summed E-state index contributed by atoms with van der Waals surface area (Å²) in [6.45, 7) is 3.56. The normalized spacial score (nSPS) is 22.0. The van der Waals surface area contributed by atoms with Crippen LogP contribution in [-0.2, 0) is 4.74 Å². The molecule has 0 saturated carbocycles. The van der Waals surface area contributed by atoms with Gasteiger partial charge in [-0.3, -0.25) is 0 Å². The highest BCUT2D eigenvalue weighted by Crippen LogP contribution is 2.30. The van der Waals surface area contributed by atoms with Crippen LogP contribution in [0.1, 0.15) is 31.4 Å². The lowest BCUT2D eigenvalue weighted by molar-refractivity contribution is 0.0892. The van der Waals surface area contributed by atoms with Gasteiger partial charge in [-0.15, -0.1) is 0 Å². The number of nitrogens with two attached hydrogens (primary N) is 1.